The first-order valence-electron chi connectivity index (χ1n) is 14.4. The van der Waals surface area contributed by atoms with Gasteiger partial charge in [0.25, 0.3) is 5.91 Å². The van der Waals surface area contributed by atoms with Gasteiger partial charge in [-0.05, 0) is 112 Å². The number of amides is 1. The number of rotatable bonds is 9. The fourth-order valence-electron chi connectivity index (χ4n) is 8.17. The molecule has 4 aliphatic rings. The van der Waals surface area contributed by atoms with Gasteiger partial charge in [0, 0.05) is 27.7 Å². The predicted molar refractivity (Wildman–Crippen MR) is 160 cm³/mol. The van der Waals surface area contributed by atoms with Crippen LogP contribution in [0, 0.1) is 30.1 Å². The van der Waals surface area contributed by atoms with Crippen LogP contribution in [0.4, 0.5) is 0 Å². The smallest absolute Gasteiger partial charge is 0.272 e. The maximum absolute atomic E-state index is 13.3. The summed E-state index contributed by atoms with van der Waals surface area (Å²) in [7, 11) is 0. The van der Waals surface area contributed by atoms with Gasteiger partial charge in [-0.2, -0.15) is 5.10 Å². The third-order valence-electron chi connectivity index (χ3n) is 9.43. The van der Waals surface area contributed by atoms with Crippen molar-refractivity contribution in [1.82, 2.24) is 15.1 Å². The lowest BCUT2D eigenvalue weighted by molar-refractivity contribution is -0.0583. The molecule has 0 unspecified atom stereocenters. The zero-order valence-electron chi connectivity index (χ0n) is 22.5. The minimum atomic E-state index is -0.160. The van der Waals surface area contributed by atoms with E-state index in [4.69, 9.17) is 39.9 Å². The molecule has 0 spiro atoms. The van der Waals surface area contributed by atoms with Crippen LogP contribution < -0.4 is 5.32 Å². The summed E-state index contributed by atoms with van der Waals surface area (Å²) in [6.07, 6.45) is 13.7. The van der Waals surface area contributed by atoms with Crippen LogP contribution in [0.3, 0.4) is 0 Å². The van der Waals surface area contributed by atoms with Crippen LogP contribution in [0.5, 0.6) is 0 Å². The van der Waals surface area contributed by atoms with Gasteiger partial charge in [-0.15, -0.1) is 0 Å². The Morgan fingerprint density at radius 3 is 2.21 bits per heavy atom. The molecule has 0 radical (unpaired) electrons. The van der Waals surface area contributed by atoms with Gasteiger partial charge >= 0.3 is 0 Å². The van der Waals surface area contributed by atoms with E-state index in [1.54, 1.807) is 16.8 Å². The number of nitrogens with zero attached hydrogens (tertiary/aromatic N) is 2. The molecule has 4 fully saturated rings. The van der Waals surface area contributed by atoms with E-state index in [9.17, 15) is 4.79 Å². The molecule has 1 N–H and O–H groups in total. The van der Waals surface area contributed by atoms with Crippen molar-refractivity contribution in [3.63, 3.8) is 0 Å². The third-order valence-corrected chi connectivity index (χ3v) is 10.2. The van der Waals surface area contributed by atoms with E-state index in [1.165, 1.54) is 51.4 Å². The van der Waals surface area contributed by atoms with Crippen molar-refractivity contribution in [2.75, 3.05) is 6.54 Å². The highest BCUT2D eigenvalue weighted by Gasteiger charge is 2.50. The predicted octanol–water partition coefficient (Wildman–Crippen LogP) is 9.31. The molecule has 4 nitrogen and oxygen atoms in total. The summed E-state index contributed by atoms with van der Waals surface area (Å²) in [5.74, 6) is 2.88. The molecule has 0 saturated heterocycles. The Morgan fingerprint density at radius 2 is 1.56 bits per heavy atom. The number of benzene rings is 2. The highest BCUT2D eigenvalue weighted by Crippen LogP contribution is 2.61. The van der Waals surface area contributed by atoms with Crippen molar-refractivity contribution in [1.29, 1.82) is 0 Å². The van der Waals surface area contributed by atoms with E-state index in [2.05, 4.69) is 5.32 Å². The van der Waals surface area contributed by atoms with E-state index < -0.39 is 0 Å². The molecule has 0 atom stereocenters. The number of halogens is 3. The number of nitrogens with one attached hydrogen (secondary N) is 1. The summed E-state index contributed by atoms with van der Waals surface area (Å²) in [6, 6.07) is 12.8. The van der Waals surface area contributed by atoms with Crippen molar-refractivity contribution in [2.45, 2.75) is 71.1 Å². The second-order valence-corrected chi connectivity index (χ2v) is 13.6. The van der Waals surface area contributed by atoms with Gasteiger partial charge in [0.1, 0.15) is 0 Å². The van der Waals surface area contributed by atoms with Crippen molar-refractivity contribution in [3.8, 4) is 16.9 Å². The maximum Gasteiger partial charge on any atom is 0.272 e. The molecule has 7 heteroatoms. The van der Waals surface area contributed by atoms with Crippen LogP contribution in [-0.4, -0.2) is 22.2 Å². The SMILES string of the molecule is Cc1c(C(=O)NCCCCCC23CC4CC(CC(C4)C2)C3)nn(-c2ccc(Cl)cc2Cl)c1-c1ccc(Cl)cc1. The third kappa shape index (κ3) is 5.62. The monoisotopic (exact) mass is 583 g/mol. The number of hydrogen-bond acceptors (Lipinski definition) is 2. The summed E-state index contributed by atoms with van der Waals surface area (Å²) in [5.41, 5.74) is 4.21. The largest absolute Gasteiger partial charge is 0.351 e. The van der Waals surface area contributed by atoms with Gasteiger partial charge in [0.2, 0.25) is 0 Å². The number of hydrogen-bond donors (Lipinski definition) is 1. The van der Waals surface area contributed by atoms with E-state index >= 15 is 0 Å². The molecule has 0 aliphatic heterocycles. The Balaban J connectivity index is 1.11. The molecule has 3 aromatic rings. The average molecular weight is 585 g/mol. The van der Waals surface area contributed by atoms with Crippen molar-refractivity contribution in [2.24, 2.45) is 23.2 Å². The molecular weight excluding hydrogens is 549 g/mol. The Kier molecular flexibility index (Phi) is 7.74. The van der Waals surface area contributed by atoms with Crippen LogP contribution in [0.1, 0.15) is 80.3 Å². The maximum atomic E-state index is 13.3. The first-order valence-corrected chi connectivity index (χ1v) is 15.5. The lowest BCUT2D eigenvalue weighted by Gasteiger charge is -2.57. The zero-order valence-corrected chi connectivity index (χ0v) is 24.8. The molecule has 1 aromatic heterocycles. The molecule has 4 bridgehead atoms. The van der Waals surface area contributed by atoms with Gasteiger partial charge in [-0.3, -0.25) is 4.79 Å². The summed E-state index contributed by atoms with van der Waals surface area (Å²) in [5, 5.41) is 9.51. The van der Waals surface area contributed by atoms with Crippen LogP contribution >= 0.6 is 34.8 Å². The molecule has 4 saturated carbocycles. The van der Waals surface area contributed by atoms with Gasteiger partial charge in [-0.25, -0.2) is 4.68 Å². The van der Waals surface area contributed by atoms with Crippen LogP contribution in [0.25, 0.3) is 16.9 Å². The Morgan fingerprint density at radius 1 is 0.923 bits per heavy atom. The second kappa shape index (κ2) is 11.1. The van der Waals surface area contributed by atoms with E-state index in [1.807, 2.05) is 37.3 Å². The quantitative estimate of drug-likeness (QED) is 0.255. The standard InChI is InChI=1S/C32H36Cl3N3O/c1-20-29(31(39)36-12-4-2-3-11-32-17-21-13-22(18-32)15-23(14-21)19-32)37-38(28-10-9-26(34)16-27(28)35)30(20)24-5-7-25(33)8-6-24/h5-10,16,21-23H,2-4,11-15,17-19H2,1H3,(H,36,39). The first-order chi connectivity index (χ1) is 18.8. The highest BCUT2D eigenvalue weighted by atomic mass is 35.5. The van der Waals surface area contributed by atoms with Gasteiger partial charge in [-0.1, -0.05) is 59.8 Å². The second-order valence-electron chi connectivity index (χ2n) is 12.3. The van der Waals surface area contributed by atoms with Crippen molar-refractivity contribution in [3.05, 3.63) is 68.8 Å². The fourth-order valence-corrected chi connectivity index (χ4v) is 8.78. The fraction of sp³-hybridized carbons (Fsp3) is 0.500. The average Bonchev–Trinajstić information content (AvgIpc) is 3.22. The summed E-state index contributed by atoms with van der Waals surface area (Å²) in [6.45, 7) is 2.58. The van der Waals surface area contributed by atoms with Crippen molar-refractivity contribution < 1.29 is 4.79 Å². The normalized spacial score (nSPS) is 25.3. The van der Waals surface area contributed by atoms with Crippen LogP contribution in [-0.2, 0) is 0 Å². The van der Waals surface area contributed by atoms with Crippen LogP contribution in [0.15, 0.2) is 42.5 Å². The minimum Gasteiger partial charge on any atom is -0.351 e. The van der Waals surface area contributed by atoms with Gasteiger partial charge in [0.05, 0.1) is 16.4 Å². The van der Waals surface area contributed by atoms with E-state index in [0.717, 1.165) is 47.4 Å². The molecule has 7 rings (SSSR count). The lowest BCUT2D eigenvalue weighted by atomic mass is 9.48. The Labute approximate surface area is 246 Å². The Bertz CT molecular complexity index is 1330. The lowest BCUT2D eigenvalue weighted by Crippen LogP contribution is -2.45. The number of carbonyl (C=O) groups is 1. The summed E-state index contributed by atoms with van der Waals surface area (Å²) in [4.78, 5) is 13.3. The molecule has 1 amide bonds. The minimum absolute atomic E-state index is 0.160. The first kappa shape index (κ1) is 27.2. The zero-order chi connectivity index (χ0) is 27.1. The topological polar surface area (TPSA) is 46.9 Å². The van der Waals surface area contributed by atoms with Gasteiger partial charge in [0.15, 0.2) is 5.69 Å². The highest BCUT2D eigenvalue weighted by molar-refractivity contribution is 6.35. The summed E-state index contributed by atoms with van der Waals surface area (Å²) >= 11 is 18.8. The molecule has 2 aromatic carbocycles. The number of carbonyl (C=O) groups excluding carboxylic acids is 1. The molecule has 1 heterocycles. The van der Waals surface area contributed by atoms with E-state index in [-0.39, 0.29) is 5.91 Å². The number of aromatic nitrogens is 2. The molecule has 39 heavy (non-hydrogen) atoms. The number of unbranched alkanes of at least 4 members (excludes halogenated alkanes) is 2. The van der Waals surface area contributed by atoms with Crippen molar-refractivity contribution >= 4 is 40.7 Å². The molecule has 206 valence electrons. The van der Waals surface area contributed by atoms with Crippen LogP contribution in [0.2, 0.25) is 15.1 Å². The summed E-state index contributed by atoms with van der Waals surface area (Å²) < 4.78 is 1.73. The van der Waals surface area contributed by atoms with E-state index in [0.29, 0.717) is 38.4 Å². The molecule has 4 aliphatic carbocycles. The molecular formula is C32H36Cl3N3O. The Hall–Kier alpha value is -2.01. The van der Waals surface area contributed by atoms with Gasteiger partial charge < -0.3 is 5.32 Å².